The van der Waals surface area contributed by atoms with Crippen LogP contribution in [0.25, 0.3) is 0 Å². The van der Waals surface area contributed by atoms with E-state index in [1.807, 2.05) is 12.1 Å². The average molecular weight is 299 g/mol. The van der Waals surface area contributed by atoms with Crippen LogP contribution in [0.2, 0.25) is 5.02 Å². The molecule has 1 aliphatic heterocycles. The van der Waals surface area contributed by atoms with Gasteiger partial charge in [0.1, 0.15) is 11.5 Å². The molecule has 1 N–H and O–H groups in total. The van der Waals surface area contributed by atoms with Crippen LogP contribution in [0.4, 0.5) is 5.69 Å². The number of ether oxygens (including phenoxy) is 2. The molecule has 1 aliphatic rings. The minimum absolute atomic E-state index is 0.457. The second-order valence-corrected chi connectivity index (χ2v) is 5.67. The molecule has 1 saturated heterocycles. The zero-order valence-electron chi connectivity index (χ0n) is 12.4. The number of benzene rings is 1. The fourth-order valence-corrected chi connectivity index (χ4v) is 2.82. The number of hydrogen-bond acceptors (Lipinski definition) is 4. The maximum absolute atomic E-state index is 6.20. The SMILES string of the molecule is COc1cc(OC)c(NC2CCCN(C)CC2)cc1Cl. The van der Waals surface area contributed by atoms with Crippen LogP contribution < -0.4 is 14.8 Å². The summed E-state index contributed by atoms with van der Waals surface area (Å²) in [6.07, 6.45) is 3.50. The third-order valence-electron chi connectivity index (χ3n) is 3.79. The van der Waals surface area contributed by atoms with Crippen LogP contribution >= 0.6 is 11.6 Å². The van der Waals surface area contributed by atoms with Crippen molar-refractivity contribution >= 4 is 17.3 Å². The minimum Gasteiger partial charge on any atom is -0.495 e. The molecule has 0 bridgehead atoms. The highest BCUT2D eigenvalue weighted by molar-refractivity contribution is 6.32. The first-order valence-electron chi connectivity index (χ1n) is 7.00. The molecule has 1 fully saturated rings. The molecular weight excluding hydrogens is 276 g/mol. The van der Waals surface area contributed by atoms with Gasteiger partial charge in [0.15, 0.2) is 0 Å². The van der Waals surface area contributed by atoms with E-state index >= 15 is 0 Å². The third-order valence-corrected chi connectivity index (χ3v) is 4.08. The van der Waals surface area contributed by atoms with E-state index in [-0.39, 0.29) is 0 Å². The normalized spacial score (nSPS) is 20.3. The standard InChI is InChI=1S/C15H23ClN2O2/c1-18-7-4-5-11(6-8-18)17-13-9-12(16)14(19-2)10-15(13)20-3/h9-11,17H,4-8H2,1-3H3. The van der Waals surface area contributed by atoms with Crippen molar-refractivity contribution in [3.8, 4) is 11.5 Å². The number of halogens is 1. The van der Waals surface area contributed by atoms with Gasteiger partial charge in [0.25, 0.3) is 0 Å². The second-order valence-electron chi connectivity index (χ2n) is 5.26. The third kappa shape index (κ3) is 3.70. The molecule has 0 aliphatic carbocycles. The van der Waals surface area contributed by atoms with E-state index in [0.717, 1.165) is 30.8 Å². The molecule has 1 unspecified atom stereocenters. The quantitative estimate of drug-likeness (QED) is 0.925. The summed E-state index contributed by atoms with van der Waals surface area (Å²) in [6.45, 7) is 2.28. The van der Waals surface area contributed by atoms with Gasteiger partial charge in [-0.25, -0.2) is 0 Å². The average Bonchev–Trinajstić information content (AvgIpc) is 2.64. The van der Waals surface area contributed by atoms with Crippen molar-refractivity contribution in [2.24, 2.45) is 0 Å². The topological polar surface area (TPSA) is 33.7 Å². The van der Waals surface area contributed by atoms with Crippen molar-refractivity contribution in [3.63, 3.8) is 0 Å². The predicted octanol–water partition coefficient (Wildman–Crippen LogP) is 3.25. The van der Waals surface area contributed by atoms with E-state index in [9.17, 15) is 0 Å². The van der Waals surface area contributed by atoms with Gasteiger partial charge in [-0.05, 0) is 45.5 Å². The lowest BCUT2D eigenvalue weighted by atomic mass is 10.1. The molecule has 0 radical (unpaired) electrons. The van der Waals surface area contributed by atoms with Gasteiger partial charge in [-0.2, -0.15) is 0 Å². The number of methoxy groups -OCH3 is 2. The van der Waals surface area contributed by atoms with Crippen molar-refractivity contribution in [3.05, 3.63) is 17.2 Å². The van der Waals surface area contributed by atoms with Gasteiger partial charge in [0.05, 0.1) is 24.9 Å². The van der Waals surface area contributed by atoms with Crippen LogP contribution in [-0.2, 0) is 0 Å². The van der Waals surface area contributed by atoms with Gasteiger partial charge in [-0.1, -0.05) is 11.6 Å². The van der Waals surface area contributed by atoms with Gasteiger partial charge in [-0.15, -0.1) is 0 Å². The molecule has 5 heteroatoms. The smallest absolute Gasteiger partial charge is 0.145 e. The van der Waals surface area contributed by atoms with Crippen molar-refractivity contribution in [2.45, 2.75) is 25.3 Å². The fourth-order valence-electron chi connectivity index (χ4n) is 2.58. The Hall–Kier alpha value is -1.13. The Bertz CT molecular complexity index is 454. The predicted molar refractivity (Wildman–Crippen MR) is 83.3 cm³/mol. The lowest BCUT2D eigenvalue weighted by Crippen LogP contribution is -2.23. The lowest BCUT2D eigenvalue weighted by Gasteiger charge is -2.20. The molecule has 112 valence electrons. The van der Waals surface area contributed by atoms with E-state index in [1.165, 1.54) is 13.0 Å². The number of rotatable bonds is 4. The van der Waals surface area contributed by atoms with Gasteiger partial charge >= 0.3 is 0 Å². The first-order chi connectivity index (χ1) is 9.63. The van der Waals surface area contributed by atoms with E-state index in [0.29, 0.717) is 16.8 Å². The molecule has 0 spiro atoms. The van der Waals surface area contributed by atoms with Gasteiger partial charge < -0.3 is 19.7 Å². The second kappa shape index (κ2) is 7.04. The summed E-state index contributed by atoms with van der Waals surface area (Å²) < 4.78 is 10.6. The molecule has 1 aromatic rings. The molecule has 1 aromatic carbocycles. The van der Waals surface area contributed by atoms with Crippen molar-refractivity contribution in [1.29, 1.82) is 0 Å². The molecule has 1 heterocycles. The van der Waals surface area contributed by atoms with E-state index in [2.05, 4.69) is 17.3 Å². The monoisotopic (exact) mass is 298 g/mol. The summed E-state index contributed by atoms with van der Waals surface area (Å²) in [6, 6.07) is 4.17. The summed E-state index contributed by atoms with van der Waals surface area (Å²) in [5, 5.41) is 4.16. The summed E-state index contributed by atoms with van der Waals surface area (Å²) in [7, 11) is 5.44. The van der Waals surface area contributed by atoms with Crippen molar-refractivity contribution in [2.75, 3.05) is 39.7 Å². The Morgan fingerprint density at radius 1 is 1.15 bits per heavy atom. The Morgan fingerprint density at radius 3 is 2.60 bits per heavy atom. The molecule has 0 amide bonds. The summed E-state index contributed by atoms with van der Waals surface area (Å²) >= 11 is 6.20. The highest BCUT2D eigenvalue weighted by atomic mass is 35.5. The van der Waals surface area contributed by atoms with Gasteiger partial charge in [0.2, 0.25) is 0 Å². The number of hydrogen-bond donors (Lipinski definition) is 1. The Morgan fingerprint density at radius 2 is 1.90 bits per heavy atom. The van der Waals surface area contributed by atoms with E-state index in [1.54, 1.807) is 14.2 Å². The molecule has 0 saturated carbocycles. The Labute approximate surface area is 126 Å². The molecule has 4 nitrogen and oxygen atoms in total. The van der Waals surface area contributed by atoms with Crippen LogP contribution in [0.15, 0.2) is 12.1 Å². The highest BCUT2D eigenvalue weighted by Crippen LogP contribution is 2.36. The minimum atomic E-state index is 0.457. The number of nitrogens with zero attached hydrogens (tertiary/aromatic N) is 1. The van der Waals surface area contributed by atoms with Crippen molar-refractivity contribution < 1.29 is 9.47 Å². The Kier molecular flexibility index (Phi) is 5.38. The maximum Gasteiger partial charge on any atom is 0.145 e. The van der Waals surface area contributed by atoms with Gasteiger partial charge in [0, 0.05) is 12.1 Å². The number of likely N-dealkylation sites (tertiary alicyclic amines) is 1. The zero-order chi connectivity index (χ0) is 14.5. The highest BCUT2D eigenvalue weighted by Gasteiger charge is 2.17. The van der Waals surface area contributed by atoms with Crippen LogP contribution in [0, 0.1) is 0 Å². The van der Waals surface area contributed by atoms with Crippen LogP contribution in [-0.4, -0.2) is 45.3 Å². The zero-order valence-corrected chi connectivity index (χ0v) is 13.2. The first-order valence-corrected chi connectivity index (χ1v) is 7.38. The Balaban J connectivity index is 2.13. The summed E-state index contributed by atoms with van der Waals surface area (Å²) in [5.41, 5.74) is 0.938. The number of nitrogens with one attached hydrogen (secondary N) is 1. The first kappa shape index (κ1) is 15.3. The molecule has 1 atom stereocenters. The maximum atomic E-state index is 6.20. The summed E-state index contributed by atoms with van der Waals surface area (Å²) in [5.74, 6) is 1.40. The summed E-state index contributed by atoms with van der Waals surface area (Å²) in [4.78, 5) is 2.37. The molecule has 0 aromatic heterocycles. The van der Waals surface area contributed by atoms with Gasteiger partial charge in [-0.3, -0.25) is 0 Å². The molecule has 20 heavy (non-hydrogen) atoms. The van der Waals surface area contributed by atoms with E-state index in [4.69, 9.17) is 21.1 Å². The van der Waals surface area contributed by atoms with Crippen LogP contribution in [0.5, 0.6) is 11.5 Å². The fraction of sp³-hybridized carbons (Fsp3) is 0.600. The molecule has 2 rings (SSSR count). The lowest BCUT2D eigenvalue weighted by molar-refractivity contribution is 0.348. The number of anilines is 1. The molecular formula is C15H23ClN2O2. The largest absolute Gasteiger partial charge is 0.495 e. The van der Waals surface area contributed by atoms with Crippen LogP contribution in [0.3, 0.4) is 0 Å². The van der Waals surface area contributed by atoms with E-state index < -0.39 is 0 Å². The van der Waals surface area contributed by atoms with Crippen molar-refractivity contribution in [1.82, 2.24) is 4.90 Å². The van der Waals surface area contributed by atoms with Crippen LogP contribution in [0.1, 0.15) is 19.3 Å².